The van der Waals surface area contributed by atoms with Gasteiger partial charge in [-0.2, -0.15) is 0 Å². The van der Waals surface area contributed by atoms with Crippen LogP contribution in [0.5, 0.6) is 0 Å². The Hall–Kier alpha value is -1.92. The zero-order chi connectivity index (χ0) is 16.7. The van der Waals surface area contributed by atoms with Crippen molar-refractivity contribution in [3.05, 3.63) is 35.9 Å². The molecule has 0 amide bonds. The normalized spacial score (nSPS) is 24.0. The minimum absolute atomic E-state index is 0.174. The number of carbonyl (C=O) groups excluding carboxylic acids is 2. The maximum absolute atomic E-state index is 11.2. The molecule has 0 radical (unpaired) electrons. The third-order valence-electron chi connectivity index (χ3n) is 3.45. The molecule has 2 rings (SSSR count). The summed E-state index contributed by atoms with van der Waals surface area (Å²) in [5.74, 6) is -0.720. The Kier molecular flexibility index (Phi) is 6.55. The van der Waals surface area contributed by atoms with Gasteiger partial charge in [-0.25, -0.2) is 0 Å². The predicted octanol–water partition coefficient (Wildman–Crippen LogP) is 2.20. The van der Waals surface area contributed by atoms with Gasteiger partial charge in [0.1, 0.15) is 6.61 Å². The van der Waals surface area contributed by atoms with Gasteiger partial charge in [-0.1, -0.05) is 30.3 Å². The molecule has 1 aromatic carbocycles. The largest absolute Gasteiger partial charge is 0.463 e. The molecule has 0 spiro atoms. The standard InChI is InChI=1S/C17H22O6/c1-12(18)20-11-15-8-9-16(22-13(2)19)17(23-15)21-10-14-6-4-3-5-7-14/h3-7,15-17H,8-11H2,1-2H3/t15-,16+,17-/m0/s1. The van der Waals surface area contributed by atoms with Crippen LogP contribution in [-0.4, -0.2) is 37.0 Å². The number of hydrogen-bond acceptors (Lipinski definition) is 6. The summed E-state index contributed by atoms with van der Waals surface area (Å²) < 4.78 is 21.8. The number of esters is 2. The third-order valence-corrected chi connectivity index (χ3v) is 3.45. The predicted molar refractivity (Wildman–Crippen MR) is 81.3 cm³/mol. The zero-order valence-electron chi connectivity index (χ0n) is 13.4. The first-order valence-electron chi connectivity index (χ1n) is 7.66. The smallest absolute Gasteiger partial charge is 0.303 e. The molecule has 1 aliphatic heterocycles. The topological polar surface area (TPSA) is 71.1 Å². The fraction of sp³-hybridized carbons (Fsp3) is 0.529. The molecule has 0 saturated carbocycles. The molecule has 1 fully saturated rings. The van der Waals surface area contributed by atoms with Gasteiger partial charge in [0.2, 0.25) is 0 Å². The zero-order valence-corrected chi connectivity index (χ0v) is 13.4. The van der Waals surface area contributed by atoms with E-state index in [1.165, 1.54) is 13.8 Å². The molecule has 3 atom stereocenters. The van der Waals surface area contributed by atoms with Crippen molar-refractivity contribution in [1.29, 1.82) is 0 Å². The number of benzene rings is 1. The van der Waals surface area contributed by atoms with Gasteiger partial charge in [-0.3, -0.25) is 9.59 Å². The Bertz CT molecular complexity index is 515. The van der Waals surface area contributed by atoms with E-state index in [-0.39, 0.29) is 24.6 Å². The Labute approximate surface area is 135 Å². The maximum Gasteiger partial charge on any atom is 0.303 e. The van der Waals surface area contributed by atoms with E-state index in [4.69, 9.17) is 18.9 Å². The van der Waals surface area contributed by atoms with Crippen LogP contribution in [0.3, 0.4) is 0 Å². The van der Waals surface area contributed by atoms with E-state index in [0.717, 1.165) is 5.56 Å². The minimum Gasteiger partial charge on any atom is -0.463 e. The number of rotatable bonds is 6. The molecule has 23 heavy (non-hydrogen) atoms. The lowest BCUT2D eigenvalue weighted by atomic mass is 10.1. The van der Waals surface area contributed by atoms with E-state index < -0.39 is 12.4 Å². The van der Waals surface area contributed by atoms with Gasteiger partial charge in [0, 0.05) is 13.8 Å². The molecule has 1 aliphatic rings. The minimum atomic E-state index is -0.673. The Morgan fingerprint density at radius 1 is 1.13 bits per heavy atom. The number of hydrogen-bond donors (Lipinski definition) is 0. The molecular weight excluding hydrogens is 300 g/mol. The van der Waals surface area contributed by atoms with Crippen molar-refractivity contribution in [1.82, 2.24) is 0 Å². The molecule has 6 heteroatoms. The van der Waals surface area contributed by atoms with Crippen molar-refractivity contribution in [3.63, 3.8) is 0 Å². The monoisotopic (exact) mass is 322 g/mol. The molecule has 0 aromatic heterocycles. The van der Waals surface area contributed by atoms with Gasteiger partial charge >= 0.3 is 11.9 Å². The van der Waals surface area contributed by atoms with Crippen LogP contribution in [0.4, 0.5) is 0 Å². The summed E-state index contributed by atoms with van der Waals surface area (Å²) in [6, 6.07) is 9.67. The van der Waals surface area contributed by atoms with E-state index in [1.807, 2.05) is 30.3 Å². The summed E-state index contributed by atoms with van der Waals surface area (Å²) in [5, 5.41) is 0. The van der Waals surface area contributed by atoms with Crippen LogP contribution in [0.2, 0.25) is 0 Å². The van der Waals surface area contributed by atoms with E-state index in [2.05, 4.69) is 0 Å². The van der Waals surface area contributed by atoms with Crippen LogP contribution in [0.25, 0.3) is 0 Å². The average Bonchev–Trinajstić information content (AvgIpc) is 2.53. The lowest BCUT2D eigenvalue weighted by Gasteiger charge is -2.35. The van der Waals surface area contributed by atoms with Crippen molar-refractivity contribution >= 4 is 11.9 Å². The number of carbonyl (C=O) groups is 2. The highest BCUT2D eigenvalue weighted by Gasteiger charge is 2.34. The Morgan fingerprint density at radius 2 is 1.87 bits per heavy atom. The molecule has 1 aromatic rings. The molecule has 0 bridgehead atoms. The van der Waals surface area contributed by atoms with E-state index >= 15 is 0 Å². The van der Waals surface area contributed by atoms with E-state index in [9.17, 15) is 9.59 Å². The van der Waals surface area contributed by atoms with Crippen molar-refractivity contribution in [3.8, 4) is 0 Å². The molecule has 6 nitrogen and oxygen atoms in total. The molecule has 126 valence electrons. The second-order valence-electron chi connectivity index (χ2n) is 5.45. The van der Waals surface area contributed by atoms with Crippen LogP contribution in [0.1, 0.15) is 32.3 Å². The van der Waals surface area contributed by atoms with Crippen molar-refractivity contribution in [2.24, 2.45) is 0 Å². The van der Waals surface area contributed by atoms with Gasteiger partial charge in [0.05, 0.1) is 12.7 Å². The lowest BCUT2D eigenvalue weighted by Crippen LogP contribution is -2.44. The van der Waals surface area contributed by atoms with E-state index in [1.54, 1.807) is 0 Å². The lowest BCUT2D eigenvalue weighted by molar-refractivity contribution is -0.256. The molecule has 1 heterocycles. The summed E-state index contributed by atoms with van der Waals surface area (Å²) in [6.45, 7) is 3.24. The highest BCUT2D eigenvalue weighted by atomic mass is 16.7. The SMILES string of the molecule is CC(=O)OC[C@@H]1CC[C@@H](OC(C)=O)[C@@H](OCc2ccccc2)O1. The second kappa shape index (κ2) is 8.64. The number of ether oxygens (including phenoxy) is 4. The van der Waals surface area contributed by atoms with Gasteiger partial charge < -0.3 is 18.9 Å². The highest BCUT2D eigenvalue weighted by Crippen LogP contribution is 2.24. The van der Waals surface area contributed by atoms with E-state index in [0.29, 0.717) is 19.4 Å². The molecule has 0 N–H and O–H groups in total. The summed E-state index contributed by atoms with van der Waals surface area (Å²) in [7, 11) is 0. The van der Waals surface area contributed by atoms with Crippen molar-refractivity contribution in [2.75, 3.05) is 6.61 Å². The summed E-state index contributed by atoms with van der Waals surface area (Å²) in [6.07, 6.45) is -0.147. The first-order chi connectivity index (χ1) is 11.0. The highest BCUT2D eigenvalue weighted by molar-refractivity contribution is 5.66. The quantitative estimate of drug-likeness (QED) is 0.748. The molecular formula is C17H22O6. The molecule has 1 saturated heterocycles. The fourth-order valence-corrected chi connectivity index (χ4v) is 2.39. The third kappa shape index (κ3) is 6.00. The summed E-state index contributed by atoms with van der Waals surface area (Å²) in [5.41, 5.74) is 1.000. The van der Waals surface area contributed by atoms with Gasteiger partial charge in [-0.15, -0.1) is 0 Å². The van der Waals surface area contributed by atoms with Crippen molar-refractivity contribution < 1.29 is 28.5 Å². The first kappa shape index (κ1) is 17.4. The van der Waals surface area contributed by atoms with Crippen LogP contribution >= 0.6 is 0 Å². The average molecular weight is 322 g/mol. The second-order valence-corrected chi connectivity index (χ2v) is 5.45. The Balaban J connectivity index is 1.93. The van der Waals surface area contributed by atoms with Gasteiger partial charge in [0.25, 0.3) is 0 Å². The van der Waals surface area contributed by atoms with Crippen LogP contribution in [0.15, 0.2) is 30.3 Å². The van der Waals surface area contributed by atoms with Gasteiger partial charge in [-0.05, 0) is 18.4 Å². The first-order valence-corrected chi connectivity index (χ1v) is 7.66. The van der Waals surface area contributed by atoms with Crippen LogP contribution in [0, 0.1) is 0 Å². The fourth-order valence-electron chi connectivity index (χ4n) is 2.39. The Morgan fingerprint density at radius 3 is 2.52 bits per heavy atom. The van der Waals surface area contributed by atoms with Crippen molar-refractivity contribution in [2.45, 2.75) is 51.8 Å². The maximum atomic E-state index is 11.2. The van der Waals surface area contributed by atoms with Crippen LogP contribution < -0.4 is 0 Å². The molecule has 0 aliphatic carbocycles. The van der Waals surface area contributed by atoms with Gasteiger partial charge in [0.15, 0.2) is 12.4 Å². The molecule has 0 unspecified atom stereocenters. The van der Waals surface area contributed by atoms with Crippen LogP contribution in [-0.2, 0) is 35.1 Å². The summed E-state index contributed by atoms with van der Waals surface area (Å²) >= 11 is 0. The summed E-state index contributed by atoms with van der Waals surface area (Å²) in [4.78, 5) is 22.1.